The molecule has 2 aliphatic rings. The van der Waals surface area contributed by atoms with Crippen LogP contribution in [0.4, 0.5) is 0 Å². The summed E-state index contributed by atoms with van der Waals surface area (Å²) in [6.45, 7) is 2.12. The highest BCUT2D eigenvalue weighted by molar-refractivity contribution is 5.90. The maximum Gasteiger partial charge on any atom is 0.338 e. The van der Waals surface area contributed by atoms with E-state index in [4.69, 9.17) is 18.9 Å². The molecule has 3 aromatic carbocycles. The molecule has 12 nitrogen and oxygen atoms in total. The molecule has 3 aromatic rings. The van der Waals surface area contributed by atoms with Gasteiger partial charge in [-0.25, -0.2) is 4.79 Å². The van der Waals surface area contributed by atoms with E-state index in [1.165, 1.54) is 42.5 Å². The lowest BCUT2D eigenvalue weighted by atomic mass is 9.93. The molecular formula is C29H30O12. The van der Waals surface area contributed by atoms with Gasteiger partial charge in [-0.2, -0.15) is 0 Å². The first kappa shape index (κ1) is 28.3. The molecule has 218 valence electrons. The van der Waals surface area contributed by atoms with Gasteiger partial charge in [0, 0.05) is 29.7 Å². The molecule has 3 unspecified atom stereocenters. The first-order valence-corrected chi connectivity index (χ1v) is 12.8. The molecule has 1 fully saturated rings. The summed E-state index contributed by atoms with van der Waals surface area (Å²) in [5, 5.41) is 70.7. The minimum atomic E-state index is -1.94. The predicted molar refractivity (Wildman–Crippen MR) is 140 cm³/mol. The number of benzene rings is 3. The van der Waals surface area contributed by atoms with Gasteiger partial charge in [0.25, 0.3) is 0 Å². The Morgan fingerprint density at radius 2 is 1.73 bits per heavy atom. The standard InChI is InChI=1S/C29H30O12/c1-13-5-16(6-14(2)24(13)34)27(36)40-23-10-18-21(39-25(23)15-3-4-19(32)20(33)7-15)8-17(31)9-22(18)41-28-26(35)29(37,11-30)12-38-28/h3-9,23,25-26,28,30-35,37H,10-12H2,1-2H3/t23-,25+,26?,28?,29?/m0/s1. The Morgan fingerprint density at radius 1 is 1.02 bits per heavy atom. The fraction of sp³-hybridized carbons (Fsp3) is 0.345. The Balaban J connectivity index is 1.51. The van der Waals surface area contributed by atoms with Gasteiger partial charge in [0.1, 0.15) is 40.8 Å². The lowest BCUT2D eigenvalue weighted by Gasteiger charge is -2.35. The van der Waals surface area contributed by atoms with Gasteiger partial charge in [-0.15, -0.1) is 0 Å². The minimum Gasteiger partial charge on any atom is -0.508 e. The van der Waals surface area contributed by atoms with Crippen LogP contribution >= 0.6 is 0 Å². The summed E-state index contributed by atoms with van der Waals surface area (Å²) in [6.07, 6.45) is -5.05. The number of phenols is 4. The van der Waals surface area contributed by atoms with Crippen molar-refractivity contribution in [3.63, 3.8) is 0 Å². The Morgan fingerprint density at radius 3 is 2.37 bits per heavy atom. The van der Waals surface area contributed by atoms with Gasteiger partial charge in [-0.1, -0.05) is 6.07 Å². The third kappa shape index (κ3) is 5.30. The Bertz CT molecular complexity index is 1460. The van der Waals surface area contributed by atoms with Crippen LogP contribution in [0, 0.1) is 13.8 Å². The molecule has 1 saturated heterocycles. The highest BCUT2D eigenvalue weighted by Crippen LogP contribution is 2.45. The highest BCUT2D eigenvalue weighted by atomic mass is 16.7. The number of aliphatic hydroxyl groups excluding tert-OH is 2. The molecule has 7 N–H and O–H groups in total. The predicted octanol–water partition coefficient (Wildman–Crippen LogP) is 1.85. The molecule has 2 aliphatic heterocycles. The molecule has 0 amide bonds. The normalized spacial score (nSPS) is 25.3. The second kappa shape index (κ2) is 10.6. The minimum absolute atomic E-state index is 0.00983. The zero-order valence-electron chi connectivity index (χ0n) is 22.1. The van der Waals surface area contributed by atoms with Crippen molar-refractivity contribution in [2.75, 3.05) is 13.2 Å². The second-order valence-electron chi connectivity index (χ2n) is 10.3. The van der Waals surface area contributed by atoms with Crippen molar-refractivity contribution in [3.05, 3.63) is 70.3 Å². The molecule has 0 bridgehead atoms. The molecule has 41 heavy (non-hydrogen) atoms. The van der Waals surface area contributed by atoms with Crippen LogP contribution in [0.3, 0.4) is 0 Å². The Kier molecular flexibility index (Phi) is 7.34. The van der Waals surface area contributed by atoms with E-state index in [9.17, 15) is 40.5 Å². The van der Waals surface area contributed by atoms with Crippen LogP contribution in [-0.4, -0.2) is 79.0 Å². The SMILES string of the molecule is Cc1cc(C(=O)O[C@H]2Cc3c(OC4OCC(O)(CO)C4O)cc(O)cc3O[C@@H]2c2ccc(O)c(O)c2)cc(C)c1O. The van der Waals surface area contributed by atoms with Crippen LogP contribution in [0.15, 0.2) is 42.5 Å². The van der Waals surface area contributed by atoms with Gasteiger partial charge in [0.05, 0.1) is 18.8 Å². The average Bonchev–Trinajstić information content (AvgIpc) is 3.22. The van der Waals surface area contributed by atoms with Crippen LogP contribution in [0.1, 0.15) is 38.7 Å². The van der Waals surface area contributed by atoms with Crippen molar-refractivity contribution >= 4 is 5.97 Å². The summed E-state index contributed by atoms with van der Waals surface area (Å²) in [5.74, 6) is -1.55. The van der Waals surface area contributed by atoms with Crippen molar-refractivity contribution in [2.24, 2.45) is 0 Å². The van der Waals surface area contributed by atoms with Crippen molar-refractivity contribution in [2.45, 2.75) is 50.5 Å². The summed E-state index contributed by atoms with van der Waals surface area (Å²) in [5.41, 5.74) is -0.104. The van der Waals surface area contributed by atoms with E-state index in [-0.39, 0.29) is 40.7 Å². The Labute approximate surface area is 234 Å². The summed E-state index contributed by atoms with van der Waals surface area (Å²) in [4.78, 5) is 13.3. The van der Waals surface area contributed by atoms with Crippen LogP contribution in [0.25, 0.3) is 0 Å². The summed E-state index contributed by atoms with van der Waals surface area (Å²) < 4.78 is 23.2. The fourth-order valence-corrected chi connectivity index (χ4v) is 4.94. The molecule has 5 atom stereocenters. The van der Waals surface area contributed by atoms with Crippen molar-refractivity contribution in [1.82, 2.24) is 0 Å². The number of carbonyl (C=O) groups excluding carboxylic acids is 1. The average molecular weight is 571 g/mol. The third-order valence-electron chi connectivity index (χ3n) is 7.29. The quantitative estimate of drug-likeness (QED) is 0.168. The van der Waals surface area contributed by atoms with E-state index in [2.05, 4.69) is 0 Å². The smallest absolute Gasteiger partial charge is 0.338 e. The summed E-state index contributed by atoms with van der Waals surface area (Å²) >= 11 is 0. The summed E-state index contributed by atoms with van der Waals surface area (Å²) in [6, 6.07) is 9.53. The zero-order valence-corrected chi connectivity index (χ0v) is 22.1. The number of ether oxygens (including phenoxy) is 4. The number of aliphatic hydroxyl groups is 3. The first-order valence-electron chi connectivity index (χ1n) is 12.8. The molecule has 5 rings (SSSR count). The van der Waals surface area contributed by atoms with E-state index in [1.54, 1.807) is 13.8 Å². The topological polar surface area (TPSA) is 196 Å². The lowest BCUT2D eigenvalue weighted by molar-refractivity contribution is -0.116. The van der Waals surface area contributed by atoms with Gasteiger partial charge < -0.3 is 54.7 Å². The van der Waals surface area contributed by atoms with Gasteiger partial charge in [0.2, 0.25) is 6.29 Å². The number of aromatic hydroxyl groups is 4. The molecule has 0 spiro atoms. The number of hydrogen-bond acceptors (Lipinski definition) is 12. The van der Waals surface area contributed by atoms with Gasteiger partial charge >= 0.3 is 5.97 Å². The number of hydrogen-bond donors (Lipinski definition) is 7. The van der Waals surface area contributed by atoms with Crippen LogP contribution < -0.4 is 9.47 Å². The van der Waals surface area contributed by atoms with E-state index >= 15 is 0 Å². The largest absolute Gasteiger partial charge is 0.508 e. The molecule has 0 saturated carbocycles. The molecule has 0 aliphatic carbocycles. The van der Waals surface area contributed by atoms with E-state index < -0.39 is 55.1 Å². The molecule has 0 radical (unpaired) electrons. The number of phenolic OH excluding ortho intramolecular Hbond substituents is 4. The van der Waals surface area contributed by atoms with E-state index in [0.717, 1.165) is 0 Å². The number of aryl methyl sites for hydroxylation is 2. The fourth-order valence-electron chi connectivity index (χ4n) is 4.94. The zero-order chi connectivity index (χ0) is 29.6. The monoisotopic (exact) mass is 570 g/mol. The maximum atomic E-state index is 13.3. The lowest BCUT2D eigenvalue weighted by Crippen LogP contribution is -2.48. The van der Waals surface area contributed by atoms with Crippen molar-refractivity contribution in [1.29, 1.82) is 0 Å². The van der Waals surface area contributed by atoms with E-state index in [1.807, 2.05) is 0 Å². The number of rotatable bonds is 6. The number of fused-ring (bicyclic) bond motifs is 1. The maximum absolute atomic E-state index is 13.3. The first-order chi connectivity index (χ1) is 19.4. The molecule has 12 heteroatoms. The Hall–Kier alpha value is -4.23. The third-order valence-corrected chi connectivity index (χ3v) is 7.29. The second-order valence-corrected chi connectivity index (χ2v) is 10.3. The van der Waals surface area contributed by atoms with Gasteiger partial charge in [-0.05, 0) is 49.2 Å². The number of esters is 1. The van der Waals surface area contributed by atoms with Crippen LogP contribution in [0.2, 0.25) is 0 Å². The van der Waals surface area contributed by atoms with Gasteiger partial charge in [0.15, 0.2) is 17.6 Å². The van der Waals surface area contributed by atoms with Crippen LogP contribution in [-0.2, 0) is 15.9 Å². The van der Waals surface area contributed by atoms with Crippen molar-refractivity contribution in [3.8, 4) is 34.5 Å². The summed E-state index contributed by atoms with van der Waals surface area (Å²) in [7, 11) is 0. The molecule has 2 heterocycles. The highest BCUT2D eigenvalue weighted by Gasteiger charge is 2.49. The van der Waals surface area contributed by atoms with Crippen LogP contribution in [0.5, 0.6) is 34.5 Å². The van der Waals surface area contributed by atoms with E-state index in [0.29, 0.717) is 22.3 Å². The van der Waals surface area contributed by atoms with Gasteiger partial charge in [-0.3, -0.25) is 0 Å². The molecule has 0 aromatic heterocycles. The molecular weight excluding hydrogens is 540 g/mol. The number of carbonyl (C=O) groups is 1. The van der Waals surface area contributed by atoms with Crippen molar-refractivity contribution < 1.29 is 59.5 Å².